The summed E-state index contributed by atoms with van der Waals surface area (Å²) < 4.78 is 68.5. The number of ether oxygens (including phenoxy) is 1. The predicted molar refractivity (Wildman–Crippen MR) is 83.7 cm³/mol. The molecule has 0 bridgehead atoms. The highest BCUT2D eigenvalue weighted by atomic mass is 32.2. The van der Waals surface area contributed by atoms with Crippen molar-refractivity contribution in [1.29, 1.82) is 5.26 Å². The Morgan fingerprint density at radius 2 is 1.85 bits per heavy atom. The molecule has 3 rings (SSSR count). The predicted octanol–water partition coefficient (Wildman–Crippen LogP) is 1.08. The van der Waals surface area contributed by atoms with Crippen LogP contribution in [0.15, 0.2) is 0 Å². The highest BCUT2D eigenvalue weighted by Gasteiger charge is 2.70. The number of likely N-dealkylation sites (tertiary alicyclic amines) is 1. The minimum atomic E-state index is -4.76. The fraction of sp³-hybridized carbons (Fsp3) is 0.800. The van der Waals surface area contributed by atoms with Crippen LogP contribution in [0.5, 0.6) is 0 Å². The lowest BCUT2D eigenvalue weighted by atomic mass is 10.1. The molecule has 0 radical (unpaired) electrons. The van der Waals surface area contributed by atoms with Gasteiger partial charge in [-0.3, -0.25) is 4.79 Å². The van der Waals surface area contributed by atoms with Crippen LogP contribution in [0.2, 0.25) is 0 Å². The lowest BCUT2D eigenvalue weighted by molar-refractivity contribution is -0.201. The fourth-order valence-electron chi connectivity index (χ4n) is 3.16. The molecule has 3 aliphatic rings. The Morgan fingerprint density at radius 1 is 1.26 bits per heavy atom. The first-order valence-electron chi connectivity index (χ1n) is 8.30. The van der Waals surface area contributed by atoms with E-state index < -0.39 is 57.0 Å². The molecule has 1 heterocycles. The minimum absolute atomic E-state index is 0.314. The van der Waals surface area contributed by atoms with Crippen LogP contribution in [-0.4, -0.2) is 61.3 Å². The van der Waals surface area contributed by atoms with Gasteiger partial charge in [-0.15, -0.1) is 0 Å². The normalized spacial score (nSPS) is 28.2. The Morgan fingerprint density at radius 3 is 2.26 bits per heavy atom. The molecule has 1 aliphatic heterocycles. The molecule has 12 heteroatoms. The van der Waals surface area contributed by atoms with Crippen molar-refractivity contribution in [3.63, 3.8) is 0 Å². The van der Waals surface area contributed by atoms with Gasteiger partial charge in [-0.2, -0.15) is 18.4 Å². The van der Waals surface area contributed by atoms with Crippen molar-refractivity contribution in [3.8, 4) is 6.07 Å². The molecule has 8 nitrogen and oxygen atoms in total. The van der Waals surface area contributed by atoms with Crippen LogP contribution >= 0.6 is 0 Å². The van der Waals surface area contributed by atoms with E-state index in [1.807, 2.05) is 6.07 Å². The summed E-state index contributed by atoms with van der Waals surface area (Å²) in [4.78, 5) is 25.2. The number of amides is 2. The molecular weight excluding hydrogens is 391 g/mol. The zero-order valence-corrected chi connectivity index (χ0v) is 15.2. The molecule has 0 spiro atoms. The van der Waals surface area contributed by atoms with Gasteiger partial charge in [-0.1, -0.05) is 0 Å². The van der Waals surface area contributed by atoms with Gasteiger partial charge < -0.3 is 15.0 Å². The third-order valence-electron chi connectivity index (χ3n) is 5.33. The number of nitriles is 1. The lowest BCUT2D eigenvalue weighted by Crippen LogP contribution is -2.49. The SMILES string of the molecule is CS(=O)(=O)[C@@H]1C[C@H](OC(=O)NC2(C#N)CC2)N(C(=O)C2(C(F)(F)F)CC2)C1. The number of carbonyl (C=O) groups is 2. The summed E-state index contributed by atoms with van der Waals surface area (Å²) in [7, 11) is -3.66. The van der Waals surface area contributed by atoms with Gasteiger partial charge in [0.05, 0.1) is 11.3 Å². The van der Waals surface area contributed by atoms with Gasteiger partial charge in [0, 0.05) is 19.2 Å². The van der Waals surface area contributed by atoms with Crippen molar-refractivity contribution < 1.29 is 35.9 Å². The fourth-order valence-corrected chi connectivity index (χ4v) is 4.10. The molecule has 150 valence electrons. The van der Waals surface area contributed by atoms with Crippen molar-refractivity contribution in [3.05, 3.63) is 0 Å². The maximum Gasteiger partial charge on any atom is 0.410 e. The summed E-state index contributed by atoms with van der Waals surface area (Å²) in [5.74, 6) is -1.28. The first-order valence-corrected chi connectivity index (χ1v) is 10.3. The van der Waals surface area contributed by atoms with Crippen LogP contribution in [0.25, 0.3) is 0 Å². The third-order valence-corrected chi connectivity index (χ3v) is 6.88. The number of hydrogen-bond donors (Lipinski definition) is 1. The second-order valence-corrected chi connectivity index (χ2v) is 9.73. The number of nitrogens with zero attached hydrogens (tertiary/aromatic N) is 2. The number of alkyl halides is 3. The van der Waals surface area contributed by atoms with Crippen LogP contribution in [0, 0.1) is 16.7 Å². The Hall–Kier alpha value is -2.03. The number of alkyl carbamates (subject to hydrolysis) is 1. The van der Waals surface area contributed by atoms with E-state index in [1.54, 1.807) is 0 Å². The van der Waals surface area contributed by atoms with E-state index in [0.29, 0.717) is 17.7 Å². The zero-order chi connectivity index (χ0) is 20.3. The van der Waals surface area contributed by atoms with E-state index in [1.165, 1.54) is 0 Å². The van der Waals surface area contributed by atoms with Crippen molar-refractivity contribution in [2.24, 2.45) is 5.41 Å². The summed E-state index contributed by atoms with van der Waals surface area (Å²) in [6, 6.07) is 1.89. The second-order valence-electron chi connectivity index (χ2n) is 7.40. The molecule has 0 aromatic rings. The molecular formula is C15H18F3N3O5S. The lowest BCUT2D eigenvalue weighted by Gasteiger charge is -2.29. The van der Waals surface area contributed by atoms with Gasteiger partial charge in [0.2, 0.25) is 5.91 Å². The van der Waals surface area contributed by atoms with E-state index in [0.717, 1.165) is 6.26 Å². The van der Waals surface area contributed by atoms with E-state index in [2.05, 4.69) is 5.32 Å². The van der Waals surface area contributed by atoms with Crippen molar-refractivity contribution in [2.45, 2.75) is 55.3 Å². The van der Waals surface area contributed by atoms with Crippen LogP contribution < -0.4 is 5.32 Å². The molecule has 2 amide bonds. The molecule has 0 aromatic heterocycles. The van der Waals surface area contributed by atoms with Crippen LogP contribution in [0.4, 0.5) is 18.0 Å². The Kier molecular flexibility index (Phi) is 4.37. The largest absolute Gasteiger partial charge is 0.425 e. The quantitative estimate of drug-likeness (QED) is 0.743. The topological polar surface area (TPSA) is 117 Å². The smallest absolute Gasteiger partial charge is 0.410 e. The first-order chi connectivity index (χ1) is 12.3. The average Bonchev–Trinajstić information content (AvgIpc) is 3.43. The molecule has 3 fully saturated rings. The molecule has 1 N–H and O–H groups in total. The summed E-state index contributed by atoms with van der Waals surface area (Å²) in [5, 5.41) is 10.1. The summed E-state index contributed by atoms with van der Waals surface area (Å²) in [5.41, 5.74) is -3.60. The summed E-state index contributed by atoms with van der Waals surface area (Å²) in [6.45, 7) is -0.475. The summed E-state index contributed by atoms with van der Waals surface area (Å²) in [6.07, 6.45) is -6.62. The van der Waals surface area contributed by atoms with Crippen LogP contribution in [0.3, 0.4) is 0 Å². The molecule has 2 aliphatic carbocycles. The summed E-state index contributed by atoms with van der Waals surface area (Å²) >= 11 is 0. The third kappa shape index (κ3) is 3.56. The van der Waals surface area contributed by atoms with Gasteiger partial charge in [-0.05, 0) is 25.7 Å². The average molecular weight is 409 g/mol. The van der Waals surface area contributed by atoms with E-state index in [4.69, 9.17) is 10.00 Å². The van der Waals surface area contributed by atoms with E-state index >= 15 is 0 Å². The number of carbonyl (C=O) groups excluding carboxylic acids is 2. The van der Waals surface area contributed by atoms with Gasteiger partial charge in [0.1, 0.15) is 11.0 Å². The first kappa shape index (κ1) is 19.7. The van der Waals surface area contributed by atoms with Crippen LogP contribution in [-0.2, 0) is 19.4 Å². The Balaban J connectivity index is 1.78. The number of halogens is 3. The number of hydrogen-bond acceptors (Lipinski definition) is 6. The molecule has 0 unspecified atom stereocenters. The van der Waals surface area contributed by atoms with Crippen molar-refractivity contribution in [2.75, 3.05) is 12.8 Å². The van der Waals surface area contributed by atoms with E-state index in [-0.39, 0.29) is 19.3 Å². The molecule has 2 atom stereocenters. The van der Waals surface area contributed by atoms with Gasteiger partial charge in [0.25, 0.3) is 0 Å². The van der Waals surface area contributed by atoms with Gasteiger partial charge >= 0.3 is 12.3 Å². The number of nitrogens with one attached hydrogen (secondary N) is 1. The standard InChI is InChI=1S/C15H18F3N3O5S/c1-27(24,25)9-6-10(26-12(23)20-13(8-19)2-3-13)21(7-9)11(22)14(4-5-14)15(16,17)18/h9-10H,2-7H2,1H3,(H,20,23)/t9-,10+/m1/s1. The Bertz CT molecular complexity index is 812. The number of rotatable bonds is 4. The highest BCUT2D eigenvalue weighted by Crippen LogP contribution is 2.59. The molecule has 27 heavy (non-hydrogen) atoms. The molecule has 0 aromatic carbocycles. The second kappa shape index (κ2) is 5.98. The minimum Gasteiger partial charge on any atom is -0.425 e. The maximum atomic E-state index is 13.3. The van der Waals surface area contributed by atoms with Crippen LogP contribution in [0.1, 0.15) is 32.1 Å². The molecule has 1 saturated heterocycles. The van der Waals surface area contributed by atoms with E-state index in [9.17, 15) is 31.2 Å². The number of sulfone groups is 1. The van der Waals surface area contributed by atoms with Crippen molar-refractivity contribution in [1.82, 2.24) is 10.2 Å². The maximum absolute atomic E-state index is 13.3. The van der Waals surface area contributed by atoms with Crippen molar-refractivity contribution >= 4 is 21.8 Å². The highest BCUT2D eigenvalue weighted by molar-refractivity contribution is 7.91. The van der Waals surface area contributed by atoms with Gasteiger partial charge in [-0.25, -0.2) is 13.2 Å². The zero-order valence-electron chi connectivity index (χ0n) is 14.4. The Labute approximate surface area is 153 Å². The monoisotopic (exact) mass is 409 g/mol. The van der Waals surface area contributed by atoms with Gasteiger partial charge in [0.15, 0.2) is 16.1 Å². The molecule has 2 saturated carbocycles.